The van der Waals surface area contributed by atoms with E-state index >= 15 is 0 Å². The SMILES string of the molecule is CC(O)(CNc1ccc(S(C)(=O)=O)cc1C(F)(F)F)C(=O)O. The second-order valence-corrected chi connectivity index (χ2v) is 6.93. The number of benzene rings is 1. The number of carboxylic acid groups (broad SMARTS) is 1. The van der Waals surface area contributed by atoms with E-state index in [0.29, 0.717) is 6.07 Å². The molecule has 0 aromatic heterocycles. The van der Waals surface area contributed by atoms with E-state index in [2.05, 4.69) is 5.32 Å². The first-order chi connectivity index (χ1) is 9.75. The Bertz CT molecular complexity index is 682. The molecule has 0 radical (unpaired) electrons. The molecule has 1 rings (SSSR count). The smallest absolute Gasteiger partial charge is 0.418 e. The number of halogens is 3. The van der Waals surface area contributed by atoms with Crippen LogP contribution in [0.1, 0.15) is 12.5 Å². The third-order valence-corrected chi connectivity index (χ3v) is 3.92. The number of sulfone groups is 1. The summed E-state index contributed by atoms with van der Waals surface area (Å²) in [6.07, 6.45) is -4.08. The molecule has 0 saturated carbocycles. The molecule has 0 saturated heterocycles. The van der Waals surface area contributed by atoms with E-state index in [1.54, 1.807) is 0 Å². The van der Waals surface area contributed by atoms with Gasteiger partial charge in [-0.25, -0.2) is 13.2 Å². The number of hydrogen-bond acceptors (Lipinski definition) is 5. The number of rotatable bonds is 5. The predicted octanol–water partition coefficient (Wildman–Crippen LogP) is 1.36. The third-order valence-electron chi connectivity index (χ3n) is 2.81. The minimum Gasteiger partial charge on any atom is -0.479 e. The molecule has 1 atom stereocenters. The van der Waals surface area contributed by atoms with Gasteiger partial charge in [-0.2, -0.15) is 13.2 Å². The highest BCUT2D eigenvalue weighted by Gasteiger charge is 2.36. The number of carboxylic acids is 1. The Morgan fingerprint density at radius 2 is 1.86 bits per heavy atom. The fraction of sp³-hybridized carbons (Fsp3) is 0.417. The van der Waals surface area contributed by atoms with Crippen LogP contribution in [0.5, 0.6) is 0 Å². The Kier molecular flexibility index (Phi) is 4.78. The van der Waals surface area contributed by atoms with Gasteiger partial charge < -0.3 is 15.5 Å². The number of aliphatic hydroxyl groups is 1. The molecule has 6 nitrogen and oxygen atoms in total. The van der Waals surface area contributed by atoms with Gasteiger partial charge in [0, 0.05) is 11.9 Å². The second kappa shape index (κ2) is 5.76. The molecular weight excluding hydrogens is 327 g/mol. The van der Waals surface area contributed by atoms with Crippen molar-refractivity contribution >= 4 is 21.5 Å². The quantitative estimate of drug-likeness (QED) is 0.747. The number of aliphatic carboxylic acids is 1. The van der Waals surface area contributed by atoms with Gasteiger partial charge in [0.15, 0.2) is 15.4 Å². The summed E-state index contributed by atoms with van der Waals surface area (Å²) in [5.41, 5.74) is -4.07. The van der Waals surface area contributed by atoms with Crippen molar-refractivity contribution in [1.29, 1.82) is 0 Å². The molecule has 22 heavy (non-hydrogen) atoms. The first-order valence-electron chi connectivity index (χ1n) is 5.86. The predicted molar refractivity (Wildman–Crippen MR) is 71.3 cm³/mol. The molecule has 3 N–H and O–H groups in total. The summed E-state index contributed by atoms with van der Waals surface area (Å²) in [7, 11) is -3.83. The van der Waals surface area contributed by atoms with Gasteiger partial charge in [-0.05, 0) is 25.1 Å². The van der Waals surface area contributed by atoms with E-state index in [9.17, 15) is 31.5 Å². The number of carbonyl (C=O) groups is 1. The Hall–Kier alpha value is -1.81. The average Bonchev–Trinajstić information content (AvgIpc) is 2.33. The van der Waals surface area contributed by atoms with Gasteiger partial charge >= 0.3 is 12.1 Å². The third kappa shape index (κ3) is 4.34. The van der Waals surface area contributed by atoms with Crippen molar-refractivity contribution in [3.63, 3.8) is 0 Å². The van der Waals surface area contributed by atoms with Crippen LogP contribution < -0.4 is 5.32 Å². The number of anilines is 1. The zero-order valence-corrected chi connectivity index (χ0v) is 12.4. The number of hydrogen-bond donors (Lipinski definition) is 3. The summed E-state index contributed by atoms with van der Waals surface area (Å²) in [5, 5.41) is 20.4. The zero-order chi connectivity index (χ0) is 17.3. The van der Waals surface area contributed by atoms with Crippen LogP contribution in [0.25, 0.3) is 0 Å². The maximum atomic E-state index is 13.0. The van der Waals surface area contributed by atoms with Crippen LogP contribution in [0.2, 0.25) is 0 Å². The van der Waals surface area contributed by atoms with Crippen LogP contribution in [0.4, 0.5) is 18.9 Å². The lowest BCUT2D eigenvalue weighted by molar-refractivity contribution is -0.155. The first kappa shape index (κ1) is 18.2. The van der Waals surface area contributed by atoms with Crippen LogP contribution >= 0.6 is 0 Å². The van der Waals surface area contributed by atoms with Crippen LogP contribution in [0.3, 0.4) is 0 Å². The molecule has 1 unspecified atom stereocenters. The molecule has 0 bridgehead atoms. The van der Waals surface area contributed by atoms with Crippen LogP contribution in [0.15, 0.2) is 23.1 Å². The molecule has 0 aliphatic rings. The average molecular weight is 341 g/mol. The largest absolute Gasteiger partial charge is 0.479 e. The van der Waals surface area contributed by atoms with Gasteiger partial charge in [-0.3, -0.25) is 0 Å². The summed E-state index contributed by atoms with van der Waals surface area (Å²) in [6, 6.07) is 2.28. The molecule has 0 amide bonds. The van der Waals surface area contributed by atoms with Crippen molar-refractivity contribution in [1.82, 2.24) is 0 Å². The Balaban J connectivity index is 3.23. The van der Waals surface area contributed by atoms with Crippen molar-refractivity contribution in [3.8, 4) is 0 Å². The number of alkyl halides is 3. The zero-order valence-electron chi connectivity index (χ0n) is 11.6. The van der Waals surface area contributed by atoms with Gasteiger partial charge in [-0.1, -0.05) is 0 Å². The van der Waals surface area contributed by atoms with Gasteiger partial charge in [0.25, 0.3) is 0 Å². The minimum atomic E-state index is -4.85. The van der Waals surface area contributed by atoms with Crippen LogP contribution in [-0.2, 0) is 20.8 Å². The molecule has 1 aromatic carbocycles. The standard InChI is InChI=1S/C12H14F3NO5S/c1-11(19,10(17)18)6-16-9-4-3-7(22(2,20)21)5-8(9)12(13,14)15/h3-5,16,19H,6H2,1-2H3,(H,17,18). The second-order valence-electron chi connectivity index (χ2n) is 4.91. The van der Waals surface area contributed by atoms with Gasteiger partial charge in [0.2, 0.25) is 0 Å². The highest BCUT2D eigenvalue weighted by molar-refractivity contribution is 7.90. The maximum Gasteiger partial charge on any atom is 0.418 e. The molecule has 0 spiro atoms. The van der Waals surface area contributed by atoms with Crippen LogP contribution in [-0.4, -0.2) is 43.0 Å². The topological polar surface area (TPSA) is 104 Å². The minimum absolute atomic E-state index is 0.452. The molecule has 10 heteroatoms. The maximum absolute atomic E-state index is 13.0. The molecule has 0 aliphatic heterocycles. The number of nitrogens with one attached hydrogen (secondary N) is 1. The monoisotopic (exact) mass is 341 g/mol. The molecule has 1 aromatic rings. The van der Waals surface area contributed by atoms with Gasteiger partial charge in [0.05, 0.1) is 17.0 Å². The van der Waals surface area contributed by atoms with E-state index < -0.39 is 50.3 Å². The highest BCUT2D eigenvalue weighted by atomic mass is 32.2. The summed E-state index contributed by atoms with van der Waals surface area (Å²) < 4.78 is 61.6. The lowest BCUT2D eigenvalue weighted by Crippen LogP contribution is -2.42. The Morgan fingerprint density at radius 3 is 2.27 bits per heavy atom. The van der Waals surface area contributed by atoms with E-state index in [1.165, 1.54) is 0 Å². The van der Waals surface area contributed by atoms with Gasteiger partial charge in [-0.15, -0.1) is 0 Å². The molecule has 0 fully saturated rings. The molecule has 124 valence electrons. The normalized spacial score (nSPS) is 15.2. The summed E-state index contributed by atoms with van der Waals surface area (Å²) in [4.78, 5) is 10.2. The van der Waals surface area contributed by atoms with Crippen molar-refractivity contribution in [2.45, 2.75) is 23.6 Å². The van der Waals surface area contributed by atoms with Gasteiger partial charge in [0.1, 0.15) is 0 Å². The highest BCUT2D eigenvalue weighted by Crippen LogP contribution is 2.36. The van der Waals surface area contributed by atoms with Crippen molar-refractivity contribution < 1.29 is 36.6 Å². The Morgan fingerprint density at radius 1 is 1.32 bits per heavy atom. The van der Waals surface area contributed by atoms with E-state index in [1.807, 2.05) is 0 Å². The van der Waals surface area contributed by atoms with Crippen molar-refractivity contribution in [3.05, 3.63) is 23.8 Å². The van der Waals surface area contributed by atoms with E-state index in [0.717, 1.165) is 25.3 Å². The first-order valence-corrected chi connectivity index (χ1v) is 7.75. The molecule has 0 aliphatic carbocycles. The van der Waals surface area contributed by atoms with Crippen LogP contribution in [0, 0.1) is 0 Å². The lowest BCUT2D eigenvalue weighted by atomic mass is 10.1. The van der Waals surface area contributed by atoms with E-state index in [-0.39, 0.29) is 0 Å². The fourth-order valence-electron chi connectivity index (χ4n) is 1.49. The van der Waals surface area contributed by atoms with Crippen molar-refractivity contribution in [2.75, 3.05) is 18.1 Å². The fourth-order valence-corrected chi connectivity index (χ4v) is 2.13. The van der Waals surface area contributed by atoms with Crippen molar-refractivity contribution in [2.24, 2.45) is 0 Å². The molecule has 0 heterocycles. The van der Waals surface area contributed by atoms with E-state index in [4.69, 9.17) is 5.11 Å². The lowest BCUT2D eigenvalue weighted by Gasteiger charge is -2.21. The summed E-state index contributed by atoms with van der Waals surface area (Å²) >= 11 is 0. The Labute approximate surface area is 124 Å². The molecular formula is C12H14F3NO5S. The summed E-state index contributed by atoms with van der Waals surface area (Å²) in [6.45, 7) is 0.226. The summed E-state index contributed by atoms with van der Waals surface area (Å²) in [5.74, 6) is -1.61.